The first-order valence-electron chi connectivity index (χ1n) is 6.14. The number of rotatable bonds is 3. The molecule has 8 heteroatoms. The second kappa shape index (κ2) is 7.04. The molecule has 1 aliphatic heterocycles. The van der Waals surface area contributed by atoms with Crippen molar-refractivity contribution in [3.63, 3.8) is 0 Å². The van der Waals surface area contributed by atoms with Crippen molar-refractivity contribution in [1.29, 1.82) is 0 Å². The average Bonchev–Trinajstić information content (AvgIpc) is 2.38. The monoisotopic (exact) mass is 342 g/mol. The Morgan fingerprint density at radius 3 is 2.70 bits per heavy atom. The Morgan fingerprint density at radius 1 is 1.40 bits per heavy atom. The van der Waals surface area contributed by atoms with Crippen LogP contribution < -0.4 is 5.73 Å². The summed E-state index contributed by atoms with van der Waals surface area (Å²) in [7, 11) is -3.72. The molecule has 1 atom stereocenters. The molecule has 1 unspecified atom stereocenters. The van der Waals surface area contributed by atoms with Crippen LogP contribution in [0.4, 0.5) is 4.39 Å². The highest BCUT2D eigenvalue weighted by molar-refractivity contribution is 7.89. The van der Waals surface area contributed by atoms with Gasteiger partial charge in [0.1, 0.15) is 10.7 Å². The van der Waals surface area contributed by atoms with Gasteiger partial charge in [0.25, 0.3) is 0 Å². The lowest BCUT2D eigenvalue weighted by molar-refractivity contribution is 0.257. The highest BCUT2D eigenvalue weighted by atomic mass is 35.5. The van der Waals surface area contributed by atoms with E-state index in [1.807, 2.05) is 0 Å². The van der Waals surface area contributed by atoms with Crippen LogP contribution in [-0.4, -0.2) is 31.9 Å². The minimum Gasteiger partial charge on any atom is -0.329 e. The molecule has 0 radical (unpaired) electrons. The fourth-order valence-corrected chi connectivity index (χ4v) is 4.55. The smallest absolute Gasteiger partial charge is 0.244 e. The molecule has 20 heavy (non-hydrogen) atoms. The molecule has 1 aromatic rings. The van der Waals surface area contributed by atoms with Gasteiger partial charge in [0.15, 0.2) is 0 Å². The van der Waals surface area contributed by atoms with Gasteiger partial charge in [0.05, 0.1) is 5.02 Å². The first-order chi connectivity index (χ1) is 8.96. The van der Waals surface area contributed by atoms with Gasteiger partial charge in [-0.2, -0.15) is 4.31 Å². The third-order valence-corrected chi connectivity index (χ3v) is 5.76. The van der Waals surface area contributed by atoms with E-state index >= 15 is 0 Å². The Morgan fingerprint density at radius 2 is 2.10 bits per heavy atom. The summed E-state index contributed by atoms with van der Waals surface area (Å²) < 4.78 is 39.5. The number of benzene rings is 1. The van der Waals surface area contributed by atoms with Gasteiger partial charge < -0.3 is 5.73 Å². The molecular formula is C12H17Cl2FN2O2S. The van der Waals surface area contributed by atoms with Gasteiger partial charge in [-0.15, -0.1) is 12.4 Å². The van der Waals surface area contributed by atoms with E-state index in [0.717, 1.165) is 31.4 Å². The molecule has 0 aliphatic carbocycles. The molecule has 0 bridgehead atoms. The first kappa shape index (κ1) is 17.7. The molecule has 4 nitrogen and oxygen atoms in total. The number of hydrogen-bond acceptors (Lipinski definition) is 3. The van der Waals surface area contributed by atoms with Crippen molar-refractivity contribution in [3.8, 4) is 0 Å². The molecule has 1 saturated heterocycles. The zero-order valence-electron chi connectivity index (χ0n) is 10.8. The number of piperidine rings is 1. The fraction of sp³-hybridized carbons (Fsp3) is 0.500. The van der Waals surface area contributed by atoms with Crippen molar-refractivity contribution in [3.05, 3.63) is 29.0 Å². The molecule has 2 N–H and O–H groups in total. The molecule has 0 amide bonds. The molecule has 0 saturated carbocycles. The second-order valence-electron chi connectivity index (χ2n) is 4.58. The minimum absolute atomic E-state index is 0. The lowest BCUT2D eigenvalue weighted by atomic mass is 10.1. The van der Waals surface area contributed by atoms with E-state index in [1.165, 1.54) is 10.4 Å². The summed E-state index contributed by atoms with van der Waals surface area (Å²) in [5.41, 5.74) is 5.63. The number of nitrogens with zero attached hydrogens (tertiary/aromatic N) is 1. The van der Waals surface area contributed by atoms with Gasteiger partial charge in [0, 0.05) is 19.1 Å². The molecular weight excluding hydrogens is 326 g/mol. The Hall–Kier alpha value is -0.400. The van der Waals surface area contributed by atoms with Crippen LogP contribution in [0.1, 0.15) is 19.3 Å². The molecule has 0 aromatic heterocycles. The molecule has 1 heterocycles. The van der Waals surface area contributed by atoms with Gasteiger partial charge >= 0.3 is 0 Å². The molecule has 1 aliphatic rings. The molecule has 114 valence electrons. The second-order valence-corrected chi connectivity index (χ2v) is 6.84. The van der Waals surface area contributed by atoms with Crippen LogP contribution in [0.5, 0.6) is 0 Å². The lowest BCUT2D eigenvalue weighted by Crippen LogP contribution is -2.47. The molecule has 0 spiro atoms. The van der Waals surface area contributed by atoms with Crippen molar-refractivity contribution in [1.82, 2.24) is 4.31 Å². The predicted octanol–water partition coefficient (Wildman–Crippen LogP) is 2.40. The van der Waals surface area contributed by atoms with Crippen molar-refractivity contribution in [2.45, 2.75) is 30.2 Å². The van der Waals surface area contributed by atoms with Crippen LogP contribution in [0.15, 0.2) is 23.1 Å². The summed E-state index contributed by atoms with van der Waals surface area (Å²) >= 11 is 5.85. The average molecular weight is 343 g/mol. The summed E-state index contributed by atoms with van der Waals surface area (Å²) in [6, 6.07) is 3.10. The normalized spacial score (nSPS) is 20.4. The van der Waals surface area contributed by atoms with Crippen molar-refractivity contribution >= 4 is 34.0 Å². The molecule has 1 fully saturated rings. The van der Waals surface area contributed by atoms with E-state index < -0.39 is 15.8 Å². The quantitative estimate of drug-likeness (QED) is 0.917. The molecule has 2 rings (SSSR count). The number of sulfonamides is 1. The Bertz CT molecular complexity index is 569. The maximum atomic E-state index is 13.0. The summed E-state index contributed by atoms with van der Waals surface area (Å²) in [6.45, 7) is 0.704. The summed E-state index contributed by atoms with van der Waals surface area (Å²) in [6.07, 6.45) is 2.51. The predicted molar refractivity (Wildman–Crippen MR) is 79.2 cm³/mol. The third kappa shape index (κ3) is 3.43. The Balaban J connectivity index is 0.00000200. The van der Waals surface area contributed by atoms with Crippen LogP contribution in [0.3, 0.4) is 0 Å². The van der Waals surface area contributed by atoms with Gasteiger partial charge in [-0.05, 0) is 31.0 Å². The van der Waals surface area contributed by atoms with E-state index in [9.17, 15) is 12.8 Å². The number of halogens is 3. The van der Waals surface area contributed by atoms with Gasteiger partial charge in [-0.3, -0.25) is 0 Å². The summed E-state index contributed by atoms with van der Waals surface area (Å²) in [5.74, 6) is -0.557. The lowest BCUT2D eigenvalue weighted by Gasteiger charge is -2.34. The zero-order chi connectivity index (χ0) is 14.0. The van der Waals surface area contributed by atoms with Crippen LogP contribution in [0.2, 0.25) is 5.02 Å². The fourth-order valence-electron chi connectivity index (χ4n) is 2.34. The van der Waals surface area contributed by atoms with Crippen molar-refractivity contribution in [2.75, 3.05) is 13.1 Å². The zero-order valence-corrected chi connectivity index (χ0v) is 13.1. The number of nitrogens with two attached hydrogens (primary N) is 1. The van der Waals surface area contributed by atoms with E-state index in [1.54, 1.807) is 0 Å². The number of hydrogen-bond donors (Lipinski definition) is 1. The Labute approximate surface area is 129 Å². The first-order valence-corrected chi connectivity index (χ1v) is 7.95. The van der Waals surface area contributed by atoms with Gasteiger partial charge in [-0.25, -0.2) is 12.8 Å². The van der Waals surface area contributed by atoms with E-state index in [4.69, 9.17) is 17.3 Å². The van der Waals surface area contributed by atoms with Crippen molar-refractivity contribution < 1.29 is 12.8 Å². The van der Waals surface area contributed by atoms with Gasteiger partial charge in [-0.1, -0.05) is 18.0 Å². The maximum Gasteiger partial charge on any atom is 0.244 e. The van der Waals surface area contributed by atoms with Crippen LogP contribution in [0.25, 0.3) is 0 Å². The van der Waals surface area contributed by atoms with Crippen molar-refractivity contribution in [2.24, 2.45) is 5.73 Å². The topological polar surface area (TPSA) is 63.4 Å². The highest BCUT2D eigenvalue weighted by Gasteiger charge is 2.33. The molecule has 1 aromatic carbocycles. The van der Waals surface area contributed by atoms with Crippen LogP contribution in [-0.2, 0) is 10.0 Å². The third-order valence-electron chi connectivity index (χ3n) is 3.33. The van der Waals surface area contributed by atoms with E-state index in [0.29, 0.717) is 6.54 Å². The Kier molecular flexibility index (Phi) is 6.22. The minimum atomic E-state index is -3.72. The summed E-state index contributed by atoms with van der Waals surface area (Å²) in [5, 5.41) is -0.0960. The summed E-state index contributed by atoms with van der Waals surface area (Å²) in [4.78, 5) is -0.0593. The van der Waals surface area contributed by atoms with E-state index in [-0.39, 0.29) is 34.9 Å². The SMILES string of the molecule is Cl.NCC1CCCCN1S(=O)(=O)c1ccc(F)cc1Cl. The maximum absolute atomic E-state index is 13.0. The standard InChI is InChI=1S/C12H16ClFN2O2S.ClH/c13-11-7-9(14)4-5-12(11)19(17,18)16-6-2-1-3-10(16)8-15;/h4-5,7,10H,1-3,6,8,15H2;1H. The highest BCUT2D eigenvalue weighted by Crippen LogP contribution is 2.29. The largest absolute Gasteiger partial charge is 0.329 e. The van der Waals surface area contributed by atoms with Crippen LogP contribution in [0, 0.1) is 5.82 Å². The van der Waals surface area contributed by atoms with E-state index in [2.05, 4.69) is 0 Å². The van der Waals surface area contributed by atoms with Crippen LogP contribution >= 0.6 is 24.0 Å². The van der Waals surface area contributed by atoms with Gasteiger partial charge in [0.2, 0.25) is 10.0 Å².